The number of aromatic nitrogens is 5. The zero-order valence-corrected chi connectivity index (χ0v) is 18.1. The summed E-state index contributed by atoms with van der Waals surface area (Å²) in [6, 6.07) is 7.59. The molecule has 0 atom stereocenters. The van der Waals surface area contributed by atoms with Crippen molar-refractivity contribution in [2.24, 2.45) is 5.73 Å². The molecule has 10 heteroatoms. The first-order valence-electron chi connectivity index (χ1n) is 10.7. The number of benzene rings is 1. The van der Waals surface area contributed by atoms with Crippen molar-refractivity contribution in [3.8, 4) is 0 Å². The van der Waals surface area contributed by atoms with Crippen LogP contribution < -0.4 is 16.2 Å². The number of nitrogens with two attached hydrogens (primary N) is 1. The Morgan fingerprint density at radius 2 is 1.90 bits per heavy atom. The Morgan fingerprint density at radius 1 is 1.13 bits per heavy atom. The number of thioether (sulfide) groups is 1. The van der Waals surface area contributed by atoms with Gasteiger partial charge in [-0.3, -0.25) is 18.7 Å². The number of nitrogens with zero attached hydrogens (tertiary/aromatic N) is 6. The van der Waals surface area contributed by atoms with Gasteiger partial charge in [0.05, 0.1) is 16.7 Å². The molecule has 0 spiro atoms. The normalized spacial score (nSPS) is 16.7. The van der Waals surface area contributed by atoms with Crippen molar-refractivity contribution in [2.45, 2.75) is 55.6 Å². The lowest BCUT2D eigenvalue weighted by Crippen LogP contribution is -2.32. The second-order valence-corrected chi connectivity index (χ2v) is 9.07. The molecule has 2 N–H and O–H groups in total. The second-order valence-electron chi connectivity index (χ2n) is 8.12. The van der Waals surface area contributed by atoms with E-state index in [0.29, 0.717) is 28.5 Å². The average Bonchev–Trinajstić information content (AvgIpc) is 3.53. The fourth-order valence-electron chi connectivity index (χ4n) is 4.10. The quantitative estimate of drug-likeness (QED) is 0.561. The molecule has 1 saturated heterocycles. The molecule has 0 unspecified atom stereocenters. The van der Waals surface area contributed by atoms with Crippen molar-refractivity contribution in [2.75, 3.05) is 18.0 Å². The zero-order valence-electron chi connectivity index (χ0n) is 17.2. The summed E-state index contributed by atoms with van der Waals surface area (Å²) in [5.74, 6) is 1.29. The number of piperidine rings is 1. The van der Waals surface area contributed by atoms with E-state index >= 15 is 0 Å². The Morgan fingerprint density at radius 3 is 2.65 bits per heavy atom. The molecule has 3 heterocycles. The first kappa shape index (κ1) is 20.0. The van der Waals surface area contributed by atoms with E-state index in [1.54, 1.807) is 18.2 Å². The summed E-state index contributed by atoms with van der Waals surface area (Å²) >= 11 is 1.50. The highest BCUT2D eigenvalue weighted by molar-refractivity contribution is 7.98. The Hall–Kier alpha value is -2.88. The molecule has 31 heavy (non-hydrogen) atoms. The van der Waals surface area contributed by atoms with E-state index in [4.69, 9.17) is 5.73 Å². The number of primary amides is 1. The van der Waals surface area contributed by atoms with Gasteiger partial charge >= 0.3 is 0 Å². The number of hydrogen-bond donors (Lipinski definition) is 1. The summed E-state index contributed by atoms with van der Waals surface area (Å²) in [6.07, 6.45) is 5.89. The van der Waals surface area contributed by atoms with E-state index in [1.165, 1.54) is 35.6 Å². The van der Waals surface area contributed by atoms with Gasteiger partial charge in [0.25, 0.3) is 5.56 Å². The lowest BCUT2D eigenvalue weighted by Gasteiger charge is -2.27. The minimum atomic E-state index is -0.570. The van der Waals surface area contributed by atoms with Gasteiger partial charge in [-0.15, -0.1) is 10.2 Å². The van der Waals surface area contributed by atoms with Crippen LogP contribution in [0.3, 0.4) is 0 Å². The van der Waals surface area contributed by atoms with E-state index in [0.717, 1.165) is 37.0 Å². The van der Waals surface area contributed by atoms with Crippen molar-refractivity contribution in [3.63, 3.8) is 0 Å². The van der Waals surface area contributed by atoms with E-state index in [1.807, 2.05) is 6.07 Å². The highest BCUT2D eigenvalue weighted by atomic mass is 32.2. The van der Waals surface area contributed by atoms with Crippen molar-refractivity contribution in [3.05, 3.63) is 40.4 Å². The van der Waals surface area contributed by atoms with E-state index in [-0.39, 0.29) is 12.1 Å². The molecule has 3 aromatic rings. The third-order valence-electron chi connectivity index (χ3n) is 5.78. The Kier molecular flexibility index (Phi) is 5.39. The molecule has 1 aromatic carbocycles. The molecule has 0 bridgehead atoms. The molecule has 2 aromatic heterocycles. The third-order valence-corrected chi connectivity index (χ3v) is 6.72. The summed E-state index contributed by atoms with van der Waals surface area (Å²) < 4.78 is 3.62. The molecule has 2 fully saturated rings. The molecule has 1 aliphatic heterocycles. The highest BCUT2D eigenvalue weighted by Crippen LogP contribution is 2.41. The summed E-state index contributed by atoms with van der Waals surface area (Å²) in [7, 11) is 0. The maximum Gasteiger partial charge on any atom is 0.261 e. The molecule has 0 radical (unpaired) electrons. The fourth-order valence-corrected chi connectivity index (χ4v) is 5.05. The monoisotopic (exact) mass is 439 g/mol. The molecule has 1 saturated carbocycles. The van der Waals surface area contributed by atoms with E-state index < -0.39 is 5.91 Å². The first-order valence-corrected chi connectivity index (χ1v) is 11.7. The first-order chi connectivity index (χ1) is 15.1. The molecule has 1 amide bonds. The number of hydrogen-bond acceptors (Lipinski definition) is 7. The molecule has 1 aliphatic carbocycles. The minimum absolute atomic E-state index is 0.194. The lowest BCUT2D eigenvalue weighted by atomic mass is 10.1. The Bertz CT molecular complexity index is 1180. The number of rotatable bonds is 7. The van der Waals surface area contributed by atoms with Crippen LogP contribution in [0.2, 0.25) is 0 Å². The number of carbonyl (C=O) groups excluding carboxylic acids is 1. The maximum atomic E-state index is 13.0. The largest absolute Gasteiger partial charge is 0.368 e. The van der Waals surface area contributed by atoms with E-state index in [9.17, 15) is 9.59 Å². The van der Waals surface area contributed by atoms with Crippen molar-refractivity contribution < 1.29 is 4.79 Å². The van der Waals surface area contributed by atoms with E-state index in [2.05, 4.69) is 24.6 Å². The van der Waals surface area contributed by atoms with Crippen LogP contribution in [0.1, 0.15) is 44.0 Å². The number of carbonyl (C=O) groups is 1. The maximum absolute atomic E-state index is 13.0. The van der Waals surface area contributed by atoms with Crippen LogP contribution >= 0.6 is 11.8 Å². The third kappa shape index (κ3) is 4.04. The molecule has 5 rings (SSSR count). The number of para-hydroxylation sites is 1. The number of fused-ring (bicyclic) bond motifs is 1. The smallest absolute Gasteiger partial charge is 0.261 e. The Labute approximate surface area is 183 Å². The van der Waals surface area contributed by atoms with Crippen LogP contribution in [-0.2, 0) is 17.1 Å². The standard InChI is InChI=1S/C21H25N7O2S/c22-17(29)12-27-18(23-16-7-3-2-6-15(16)19(27)30)13-31-21-25-24-20(28(21)14-8-9-14)26-10-4-1-5-11-26/h2-3,6-7,14H,1,4-5,8-13H2,(H2,22,29). The highest BCUT2D eigenvalue weighted by Gasteiger charge is 2.32. The second kappa shape index (κ2) is 8.33. The van der Waals surface area contributed by atoms with Crippen molar-refractivity contribution in [1.29, 1.82) is 0 Å². The van der Waals surface area contributed by atoms with Crippen LogP contribution in [0.4, 0.5) is 5.95 Å². The minimum Gasteiger partial charge on any atom is -0.368 e. The van der Waals surface area contributed by atoms with Gasteiger partial charge < -0.3 is 10.6 Å². The van der Waals surface area contributed by atoms with Crippen LogP contribution in [0.15, 0.2) is 34.2 Å². The predicted octanol–water partition coefficient (Wildman–Crippen LogP) is 2.09. The topological polar surface area (TPSA) is 112 Å². The van der Waals surface area contributed by atoms with Crippen molar-refractivity contribution in [1.82, 2.24) is 24.3 Å². The van der Waals surface area contributed by atoms with Gasteiger partial charge in [0.15, 0.2) is 5.16 Å². The molecule has 162 valence electrons. The summed E-state index contributed by atoms with van der Waals surface area (Å²) in [5, 5.41) is 10.3. The fraction of sp³-hybridized carbons (Fsp3) is 0.476. The molecule has 9 nitrogen and oxygen atoms in total. The molecular weight excluding hydrogens is 414 g/mol. The number of amides is 1. The molecule has 2 aliphatic rings. The van der Waals surface area contributed by atoms with Gasteiger partial charge in [-0.05, 0) is 44.2 Å². The summed E-state index contributed by atoms with van der Waals surface area (Å²) in [4.78, 5) is 31.6. The van der Waals surface area contributed by atoms with Crippen LogP contribution in [0.5, 0.6) is 0 Å². The predicted molar refractivity (Wildman–Crippen MR) is 119 cm³/mol. The Balaban J connectivity index is 1.46. The summed E-state index contributed by atoms with van der Waals surface area (Å²) in [5.41, 5.74) is 5.77. The summed E-state index contributed by atoms with van der Waals surface area (Å²) in [6.45, 7) is 1.83. The van der Waals surface area contributed by atoms with Crippen LogP contribution in [0, 0.1) is 0 Å². The van der Waals surface area contributed by atoms with Crippen LogP contribution in [-0.4, -0.2) is 43.3 Å². The van der Waals surface area contributed by atoms with Gasteiger partial charge in [0.2, 0.25) is 11.9 Å². The zero-order chi connectivity index (χ0) is 21.4. The van der Waals surface area contributed by atoms with Gasteiger partial charge in [-0.25, -0.2) is 4.98 Å². The van der Waals surface area contributed by atoms with Gasteiger partial charge in [0, 0.05) is 19.1 Å². The number of anilines is 1. The van der Waals surface area contributed by atoms with Gasteiger partial charge in [-0.1, -0.05) is 23.9 Å². The van der Waals surface area contributed by atoms with Gasteiger partial charge in [-0.2, -0.15) is 0 Å². The van der Waals surface area contributed by atoms with Crippen molar-refractivity contribution >= 4 is 34.5 Å². The van der Waals surface area contributed by atoms with Gasteiger partial charge in [0.1, 0.15) is 12.4 Å². The molecular formula is C21H25N7O2S. The lowest BCUT2D eigenvalue weighted by molar-refractivity contribution is -0.118. The average molecular weight is 440 g/mol. The SMILES string of the molecule is NC(=O)Cn1c(CSc2nnc(N3CCCCC3)n2C2CC2)nc2ccccc2c1=O. The van der Waals surface area contributed by atoms with Crippen LogP contribution in [0.25, 0.3) is 10.9 Å².